The van der Waals surface area contributed by atoms with Crippen LogP contribution < -0.4 is 11.1 Å². The largest absolute Gasteiger partial charge is 0.356 e. The zero-order valence-electron chi connectivity index (χ0n) is 12.1. The Kier molecular flexibility index (Phi) is 6.10. The van der Waals surface area contributed by atoms with Gasteiger partial charge in [-0.3, -0.25) is 0 Å². The first kappa shape index (κ1) is 15.3. The van der Waals surface area contributed by atoms with E-state index in [2.05, 4.69) is 30.5 Å². The molecule has 102 valence electrons. The van der Waals surface area contributed by atoms with Crippen LogP contribution in [0.3, 0.4) is 0 Å². The minimum atomic E-state index is -0.382. The number of hydrogen-bond donors (Lipinski definition) is 2. The smallest absolute Gasteiger partial charge is 0.0503 e. The van der Waals surface area contributed by atoms with Crippen LogP contribution in [-0.2, 0) is 0 Å². The first-order valence-electron chi connectivity index (χ1n) is 6.71. The van der Waals surface area contributed by atoms with E-state index in [0.717, 1.165) is 17.8 Å². The maximum atomic E-state index is 6.05. The van der Waals surface area contributed by atoms with Crippen molar-refractivity contribution in [3.05, 3.63) is 72.2 Å². The normalized spacial score (nSPS) is 24.0. The highest BCUT2D eigenvalue weighted by molar-refractivity contribution is 5.36. The van der Waals surface area contributed by atoms with Gasteiger partial charge in [0.25, 0.3) is 0 Å². The van der Waals surface area contributed by atoms with Gasteiger partial charge in [0.15, 0.2) is 0 Å². The van der Waals surface area contributed by atoms with E-state index in [0.29, 0.717) is 0 Å². The fraction of sp³-hybridized carbons (Fsp3) is 0.294. The molecule has 0 saturated carbocycles. The van der Waals surface area contributed by atoms with Crippen molar-refractivity contribution >= 4 is 0 Å². The minimum absolute atomic E-state index is 0.382. The summed E-state index contributed by atoms with van der Waals surface area (Å²) in [6.07, 6.45) is 21.3. The average molecular weight is 256 g/mol. The van der Waals surface area contributed by atoms with E-state index in [9.17, 15) is 0 Å². The van der Waals surface area contributed by atoms with Gasteiger partial charge in [-0.25, -0.2) is 0 Å². The van der Waals surface area contributed by atoms with Crippen LogP contribution >= 0.6 is 0 Å². The third-order valence-electron chi connectivity index (χ3n) is 2.64. The van der Waals surface area contributed by atoms with Crippen LogP contribution in [0.25, 0.3) is 0 Å². The Balaban J connectivity index is 2.81. The van der Waals surface area contributed by atoms with Crippen molar-refractivity contribution in [2.75, 3.05) is 0 Å². The van der Waals surface area contributed by atoms with E-state index >= 15 is 0 Å². The lowest BCUT2D eigenvalue weighted by atomic mass is 10.0. The number of allylic oxidation sites excluding steroid dienone is 8. The fourth-order valence-corrected chi connectivity index (χ4v) is 1.62. The highest BCUT2D eigenvalue weighted by Crippen LogP contribution is 2.11. The van der Waals surface area contributed by atoms with Gasteiger partial charge in [-0.1, -0.05) is 43.4 Å². The molecule has 0 fully saturated rings. The number of rotatable bonds is 5. The van der Waals surface area contributed by atoms with Crippen molar-refractivity contribution in [1.82, 2.24) is 5.32 Å². The maximum Gasteiger partial charge on any atom is 0.0503 e. The Morgan fingerprint density at radius 2 is 2.21 bits per heavy atom. The Morgan fingerprint density at radius 1 is 1.42 bits per heavy atom. The van der Waals surface area contributed by atoms with Crippen molar-refractivity contribution < 1.29 is 0 Å². The molecule has 0 aromatic heterocycles. The molecule has 0 radical (unpaired) electrons. The molecule has 0 spiro atoms. The molecule has 19 heavy (non-hydrogen) atoms. The van der Waals surface area contributed by atoms with Gasteiger partial charge in [-0.05, 0) is 44.6 Å². The molecule has 1 atom stereocenters. The van der Waals surface area contributed by atoms with Crippen LogP contribution in [0.4, 0.5) is 0 Å². The van der Waals surface area contributed by atoms with Crippen molar-refractivity contribution in [2.45, 2.75) is 32.7 Å². The summed E-state index contributed by atoms with van der Waals surface area (Å²) in [5, 5.41) is 3.38. The molecule has 0 heterocycles. The van der Waals surface area contributed by atoms with Gasteiger partial charge in [-0.2, -0.15) is 0 Å². The lowest BCUT2D eigenvalue weighted by Crippen LogP contribution is -2.30. The number of hydrogen-bond acceptors (Lipinski definition) is 2. The van der Waals surface area contributed by atoms with Crippen molar-refractivity contribution in [3.63, 3.8) is 0 Å². The van der Waals surface area contributed by atoms with Gasteiger partial charge < -0.3 is 11.1 Å². The zero-order chi connectivity index (χ0) is 14.1. The van der Waals surface area contributed by atoms with E-state index in [1.165, 1.54) is 0 Å². The monoisotopic (exact) mass is 256 g/mol. The summed E-state index contributed by atoms with van der Waals surface area (Å²) in [5.41, 5.74) is 7.75. The lowest BCUT2D eigenvalue weighted by Gasteiger charge is -2.13. The van der Waals surface area contributed by atoms with Gasteiger partial charge in [0.1, 0.15) is 0 Å². The maximum absolute atomic E-state index is 6.05. The van der Waals surface area contributed by atoms with E-state index in [1.807, 2.05) is 56.4 Å². The molecule has 1 rings (SSSR count). The fourth-order valence-electron chi connectivity index (χ4n) is 1.62. The molecule has 1 aliphatic carbocycles. The summed E-state index contributed by atoms with van der Waals surface area (Å²) in [6, 6.07) is 0. The van der Waals surface area contributed by atoms with Crippen LogP contribution in [0.2, 0.25) is 0 Å². The second kappa shape index (κ2) is 7.59. The van der Waals surface area contributed by atoms with Crippen LogP contribution in [0.5, 0.6) is 0 Å². The van der Waals surface area contributed by atoms with Crippen LogP contribution in [0.1, 0.15) is 27.2 Å². The molecular formula is C17H24N2. The third kappa shape index (κ3) is 6.07. The molecule has 0 aromatic carbocycles. The molecule has 2 nitrogen and oxygen atoms in total. The van der Waals surface area contributed by atoms with Gasteiger partial charge in [0.05, 0.1) is 5.54 Å². The van der Waals surface area contributed by atoms with E-state index in [-0.39, 0.29) is 5.54 Å². The lowest BCUT2D eigenvalue weighted by molar-refractivity contribution is 0.735. The topological polar surface area (TPSA) is 38.0 Å². The Bertz CT molecular complexity index is 458. The standard InChI is InChI=1S/C17H24N2/c1-4-6-7-10-15(9-5-2)19-16-11-8-13-17(3,18)14-12-16/h5-14,19H,4,18H2,1-3H3/b7-6-,9-5-,15-10+. The van der Waals surface area contributed by atoms with E-state index in [1.54, 1.807) is 0 Å². The highest BCUT2D eigenvalue weighted by atomic mass is 14.9. The Labute approximate surface area is 116 Å². The van der Waals surface area contributed by atoms with Crippen LogP contribution in [-0.4, -0.2) is 5.54 Å². The van der Waals surface area contributed by atoms with Crippen molar-refractivity contribution in [2.24, 2.45) is 5.73 Å². The van der Waals surface area contributed by atoms with Crippen molar-refractivity contribution in [1.29, 1.82) is 0 Å². The summed E-state index contributed by atoms with van der Waals surface area (Å²) in [4.78, 5) is 0. The van der Waals surface area contributed by atoms with Gasteiger partial charge >= 0.3 is 0 Å². The highest BCUT2D eigenvalue weighted by Gasteiger charge is 2.10. The summed E-state index contributed by atoms with van der Waals surface area (Å²) < 4.78 is 0. The second-order valence-electron chi connectivity index (χ2n) is 4.76. The van der Waals surface area contributed by atoms with Gasteiger partial charge in [0, 0.05) is 11.4 Å². The summed E-state index contributed by atoms with van der Waals surface area (Å²) in [7, 11) is 0. The zero-order valence-corrected chi connectivity index (χ0v) is 12.1. The molecule has 1 aliphatic rings. The minimum Gasteiger partial charge on any atom is -0.356 e. The quantitative estimate of drug-likeness (QED) is 0.736. The molecule has 0 saturated heterocycles. The second-order valence-corrected chi connectivity index (χ2v) is 4.76. The third-order valence-corrected chi connectivity index (χ3v) is 2.64. The molecule has 0 amide bonds. The first-order valence-corrected chi connectivity index (χ1v) is 6.71. The van der Waals surface area contributed by atoms with Crippen molar-refractivity contribution in [3.8, 4) is 0 Å². The molecule has 0 aliphatic heterocycles. The van der Waals surface area contributed by atoms with Crippen LogP contribution in [0, 0.1) is 0 Å². The average Bonchev–Trinajstić information content (AvgIpc) is 2.51. The van der Waals surface area contributed by atoms with Gasteiger partial charge in [-0.15, -0.1) is 0 Å². The Morgan fingerprint density at radius 3 is 2.89 bits per heavy atom. The van der Waals surface area contributed by atoms with E-state index in [4.69, 9.17) is 5.73 Å². The number of nitrogens with one attached hydrogen (secondary N) is 1. The summed E-state index contributed by atoms with van der Waals surface area (Å²) in [5.74, 6) is 0. The molecule has 1 unspecified atom stereocenters. The molecule has 0 bridgehead atoms. The molecule has 3 N–H and O–H groups in total. The summed E-state index contributed by atoms with van der Waals surface area (Å²) in [6.45, 7) is 6.10. The van der Waals surface area contributed by atoms with Gasteiger partial charge in [0.2, 0.25) is 0 Å². The predicted octanol–water partition coefficient (Wildman–Crippen LogP) is 3.73. The van der Waals surface area contributed by atoms with Crippen LogP contribution in [0.15, 0.2) is 72.2 Å². The Hall–Kier alpha value is -1.80. The number of nitrogens with two attached hydrogens (primary N) is 1. The first-order chi connectivity index (χ1) is 9.07. The molecular weight excluding hydrogens is 232 g/mol. The predicted molar refractivity (Wildman–Crippen MR) is 84.4 cm³/mol. The molecule has 2 heteroatoms. The molecule has 0 aromatic rings. The summed E-state index contributed by atoms with van der Waals surface area (Å²) >= 11 is 0. The SMILES string of the molecule is C\C=C/C(=C\C=C/CC)NC1=CC=CC(C)(N)C=C1. The van der Waals surface area contributed by atoms with E-state index < -0.39 is 0 Å².